The van der Waals surface area contributed by atoms with Crippen LogP contribution in [0.15, 0.2) is 72.5 Å². The van der Waals surface area contributed by atoms with E-state index in [1.807, 2.05) is 72.8 Å². The highest BCUT2D eigenvalue weighted by molar-refractivity contribution is 5.62. The van der Waals surface area contributed by atoms with Crippen molar-refractivity contribution in [3.8, 4) is 11.5 Å². The van der Waals surface area contributed by atoms with Crippen LogP contribution in [0.25, 0.3) is 6.08 Å². The first kappa shape index (κ1) is 14.1. The zero-order valence-corrected chi connectivity index (χ0v) is 12.8. The fourth-order valence-electron chi connectivity index (χ4n) is 2.86. The highest BCUT2D eigenvalue weighted by Crippen LogP contribution is 2.37. The van der Waals surface area contributed by atoms with Gasteiger partial charge < -0.3 is 14.2 Å². The van der Waals surface area contributed by atoms with Crippen molar-refractivity contribution in [2.75, 3.05) is 6.61 Å². The highest BCUT2D eigenvalue weighted by Gasteiger charge is 2.38. The molecule has 1 atom stereocenters. The van der Waals surface area contributed by atoms with Crippen LogP contribution in [0.5, 0.6) is 11.5 Å². The van der Waals surface area contributed by atoms with Crippen LogP contribution in [0, 0.1) is 0 Å². The Kier molecular flexibility index (Phi) is 3.64. The predicted octanol–water partition coefficient (Wildman–Crippen LogP) is 4.91. The summed E-state index contributed by atoms with van der Waals surface area (Å²) in [6.07, 6.45) is 7.91. The molecule has 0 bridgehead atoms. The first-order chi connectivity index (χ1) is 11.3. The Labute approximate surface area is 135 Å². The Morgan fingerprint density at radius 3 is 2.65 bits per heavy atom. The van der Waals surface area contributed by atoms with Crippen LogP contribution < -0.4 is 4.74 Å². The summed E-state index contributed by atoms with van der Waals surface area (Å²) in [5.74, 6) is 1.88. The van der Waals surface area contributed by atoms with Crippen LogP contribution in [0.3, 0.4) is 0 Å². The molecule has 0 N–H and O–H groups in total. The largest absolute Gasteiger partial charge is 0.459 e. The van der Waals surface area contributed by atoms with Crippen molar-refractivity contribution in [3.63, 3.8) is 0 Å². The summed E-state index contributed by atoms with van der Waals surface area (Å²) in [5, 5.41) is 0. The van der Waals surface area contributed by atoms with E-state index in [2.05, 4.69) is 0 Å². The van der Waals surface area contributed by atoms with Crippen molar-refractivity contribution in [3.05, 3.63) is 78.1 Å². The van der Waals surface area contributed by atoms with Crippen LogP contribution in [0.1, 0.15) is 18.4 Å². The molecule has 1 saturated heterocycles. The van der Waals surface area contributed by atoms with E-state index in [0.717, 1.165) is 42.3 Å². The zero-order valence-electron chi connectivity index (χ0n) is 12.8. The quantitative estimate of drug-likeness (QED) is 0.806. The third-order valence-corrected chi connectivity index (χ3v) is 4.00. The minimum atomic E-state index is -0.541. The van der Waals surface area contributed by atoms with E-state index in [-0.39, 0.29) is 0 Å². The molecule has 116 valence electrons. The number of hydrogen-bond donors (Lipinski definition) is 0. The molecule has 23 heavy (non-hydrogen) atoms. The van der Waals surface area contributed by atoms with E-state index >= 15 is 0 Å². The van der Waals surface area contributed by atoms with Gasteiger partial charge in [0.25, 0.3) is 0 Å². The van der Waals surface area contributed by atoms with Gasteiger partial charge in [0.2, 0.25) is 5.79 Å². The average molecular weight is 306 g/mol. The normalized spacial score (nSPS) is 24.3. The molecule has 1 fully saturated rings. The van der Waals surface area contributed by atoms with E-state index in [0.29, 0.717) is 0 Å². The van der Waals surface area contributed by atoms with Gasteiger partial charge in [-0.25, -0.2) is 0 Å². The molecular formula is C20H18O3. The number of allylic oxidation sites excluding steroid dienone is 1. The van der Waals surface area contributed by atoms with E-state index in [1.54, 1.807) is 0 Å². The summed E-state index contributed by atoms with van der Waals surface area (Å²) in [5.41, 5.74) is 0.978. The van der Waals surface area contributed by atoms with Crippen LogP contribution in [0.4, 0.5) is 0 Å². The fraction of sp³-hybridized carbons (Fsp3) is 0.200. The first-order valence-electron chi connectivity index (χ1n) is 7.89. The maximum Gasteiger partial charge on any atom is 0.230 e. The molecule has 0 saturated carbocycles. The second-order valence-corrected chi connectivity index (χ2v) is 5.70. The van der Waals surface area contributed by atoms with Crippen molar-refractivity contribution in [1.29, 1.82) is 0 Å². The fourth-order valence-corrected chi connectivity index (χ4v) is 2.86. The van der Waals surface area contributed by atoms with Crippen molar-refractivity contribution in [2.24, 2.45) is 0 Å². The van der Waals surface area contributed by atoms with E-state index in [4.69, 9.17) is 14.2 Å². The van der Waals surface area contributed by atoms with E-state index < -0.39 is 5.79 Å². The molecule has 2 aliphatic rings. The molecule has 3 nitrogen and oxygen atoms in total. The van der Waals surface area contributed by atoms with Crippen molar-refractivity contribution < 1.29 is 14.2 Å². The first-order valence-corrected chi connectivity index (χ1v) is 7.89. The summed E-state index contributed by atoms with van der Waals surface area (Å²) in [6.45, 7) is 0.755. The van der Waals surface area contributed by atoms with Crippen molar-refractivity contribution >= 4 is 6.08 Å². The molecule has 2 aromatic rings. The van der Waals surface area contributed by atoms with Gasteiger partial charge in [-0.15, -0.1) is 0 Å². The lowest BCUT2D eigenvalue weighted by atomic mass is 10.1. The number of benzene rings is 2. The van der Waals surface area contributed by atoms with Crippen molar-refractivity contribution in [1.82, 2.24) is 0 Å². The molecule has 0 radical (unpaired) electrons. The second kappa shape index (κ2) is 5.94. The standard InChI is InChI=1S/C20H18O3/c1-2-8-17(9-3-1)22-19-10-5-4-7-16(19)15-18-11-13-20(23-18)12-6-14-21-20/h1-5,7-11,13,15H,6,12,14H2/b18-15-. The van der Waals surface area contributed by atoms with Crippen LogP contribution >= 0.6 is 0 Å². The average Bonchev–Trinajstić information content (AvgIpc) is 3.21. The summed E-state index contributed by atoms with van der Waals surface area (Å²) in [4.78, 5) is 0. The molecule has 0 aliphatic carbocycles. The third-order valence-electron chi connectivity index (χ3n) is 4.00. The maximum atomic E-state index is 5.99. The van der Waals surface area contributed by atoms with Gasteiger partial charge in [-0.2, -0.15) is 0 Å². The monoisotopic (exact) mass is 306 g/mol. The van der Waals surface area contributed by atoms with Gasteiger partial charge >= 0.3 is 0 Å². The minimum absolute atomic E-state index is 0.541. The molecule has 1 spiro atoms. The second-order valence-electron chi connectivity index (χ2n) is 5.70. The zero-order chi connectivity index (χ0) is 15.5. The topological polar surface area (TPSA) is 27.7 Å². The Balaban J connectivity index is 1.58. The number of para-hydroxylation sites is 2. The molecule has 2 heterocycles. The lowest BCUT2D eigenvalue weighted by molar-refractivity contribution is -0.135. The molecule has 3 heteroatoms. The smallest absolute Gasteiger partial charge is 0.230 e. The van der Waals surface area contributed by atoms with Gasteiger partial charge in [-0.05, 0) is 42.8 Å². The molecular weight excluding hydrogens is 288 g/mol. The number of rotatable bonds is 3. The lowest BCUT2D eigenvalue weighted by Gasteiger charge is -2.20. The minimum Gasteiger partial charge on any atom is -0.459 e. The maximum absolute atomic E-state index is 5.99. The van der Waals surface area contributed by atoms with Gasteiger partial charge in [-0.1, -0.05) is 36.4 Å². The molecule has 0 aromatic heterocycles. The van der Waals surface area contributed by atoms with Gasteiger partial charge in [0.15, 0.2) is 0 Å². The van der Waals surface area contributed by atoms with E-state index in [9.17, 15) is 0 Å². The Hall–Kier alpha value is -2.52. The number of hydrogen-bond acceptors (Lipinski definition) is 3. The molecule has 1 unspecified atom stereocenters. The number of ether oxygens (including phenoxy) is 3. The van der Waals surface area contributed by atoms with E-state index in [1.165, 1.54) is 0 Å². The highest BCUT2D eigenvalue weighted by atomic mass is 16.7. The van der Waals surface area contributed by atoms with Crippen LogP contribution in [-0.2, 0) is 9.47 Å². The molecule has 2 aromatic carbocycles. The van der Waals surface area contributed by atoms with Gasteiger partial charge in [0.05, 0.1) is 6.61 Å². The SMILES string of the molecule is C1=CC2(CCCO2)O/C1=C\c1ccccc1Oc1ccccc1. The summed E-state index contributed by atoms with van der Waals surface area (Å²) < 4.78 is 17.7. The summed E-state index contributed by atoms with van der Waals surface area (Å²) in [7, 11) is 0. The summed E-state index contributed by atoms with van der Waals surface area (Å²) in [6, 6.07) is 17.7. The molecule has 0 amide bonds. The Morgan fingerprint density at radius 2 is 1.83 bits per heavy atom. The van der Waals surface area contributed by atoms with Gasteiger partial charge in [0, 0.05) is 12.0 Å². The van der Waals surface area contributed by atoms with Crippen LogP contribution in [-0.4, -0.2) is 12.4 Å². The van der Waals surface area contributed by atoms with Crippen LogP contribution in [0.2, 0.25) is 0 Å². The molecule has 4 rings (SSSR count). The third kappa shape index (κ3) is 3.01. The Bertz CT molecular complexity index is 740. The Morgan fingerprint density at radius 1 is 1.00 bits per heavy atom. The lowest BCUT2D eigenvalue weighted by Crippen LogP contribution is -2.24. The van der Waals surface area contributed by atoms with Crippen molar-refractivity contribution in [2.45, 2.75) is 18.6 Å². The summed E-state index contributed by atoms with van der Waals surface area (Å²) >= 11 is 0. The van der Waals surface area contributed by atoms with Gasteiger partial charge in [-0.3, -0.25) is 0 Å². The van der Waals surface area contributed by atoms with Gasteiger partial charge in [0.1, 0.15) is 17.3 Å². The molecule has 2 aliphatic heterocycles. The predicted molar refractivity (Wildman–Crippen MR) is 89.1 cm³/mol.